The average molecular weight is 411 g/mol. The molecule has 1 N–H and O–H groups in total. The van der Waals surface area contributed by atoms with Gasteiger partial charge in [0, 0.05) is 11.6 Å². The number of rotatable bonds is 9. The topological polar surface area (TPSA) is 41.6 Å². The third-order valence-electron chi connectivity index (χ3n) is 4.53. The fourth-order valence-corrected chi connectivity index (χ4v) is 3.31. The molecular formula is C21H28Cl2N2O2. The standard InChI is InChI=1S/C21H27ClN2O2.ClH/c1-4-24(5-2)20(18-8-6-7-9-19(18)22)15-23-21(25)14-16-10-12-17(26-3)13-11-16;/h6-13,20H,4-5,14-15H2,1-3H3,(H,23,25);1H. The Bertz CT molecular complexity index is 704. The number of ether oxygens (including phenoxy) is 1. The van der Waals surface area contributed by atoms with Crippen LogP contribution in [0.5, 0.6) is 5.75 Å². The van der Waals surface area contributed by atoms with Crippen molar-refractivity contribution in [1.29, 1.82) is 0 Å². The summed E-state index contributed by atoms with van der Waals surface area (Å²) in [5, 5.41) is 3.79. The summed E-state index contributed by atoms with van der Waals surface area (Å²) in [6.07, 6.45) is 0.345. The Kier molecular flexibility index (Phi) is 10.2. The molecule has 2 aromatic rings. The SMILES string of the molecule is CCN(CC)C(CNC(=O)Cc1ccc(OC)cc1)c1ccccc1Cl.Cl. The van der Waals surface area contributed by atoms with Crippen molar-refractivity contribution in [2.24, 2.45) is 0 Å². The zero-order chi connectivity index (χ0) is 18.9. The van der Waals surface area contributed by atoms with E-state index in [1.807, 2.05) is 48.5 Å². The molecule has 0 bridgehead atoms. The smallest absolute Gasteiger partial charge is 0.224 e. The van der Waals surface area contributed by atoms with Crippen molar-refractivity contribution in [2.45, 2.75) is 26.3 Å². The van der Waals surface area contributed by atoms with Gasteiger partial charge >= 0.3 is 0 Å². The normalized spacial score (nSPS) is 11.6. The molecule has 0 radical (unpaired) electrons. The van der Waals surface area contributed by atoms with Crippen molar-refractivity contribution in [3.05, 3.63) is 64.7 Å². The summed E-state index contributed by atoms with van der Waals surface area (Å²) in [6.45, 7) is 6.54. The van der Waals surface area contributed by atoms with Crippen molar-refractivity contribution in [3.63, 3.8) is 0 Å². The summed E-state index contributed by atoms with van der Waals surface area (Å²) in [5.41, 5.74) is 2.00. The summed E-state index contributed by atoms with van der Waals surface area (Å²) < 4.78 is 5.15. The van der Waals surface area contributed by atoms with E-state index in [0.29, 0.717) is 13.0 Å². The van der Waals surface area contributed by atoms with Gasteiger partial charge in [0.1, 0.15) is 5.75 Å². The first-order valence-corrected chi connectivity index (χ1v) is 9.34. The number of nitrogens with one attached hydrogen (secondary N) is 1. The highest BCUT2D eigenvalue weighted by Crippen LogP contribution is 2.27. The largest absolute Gasteiger partial charge is 0.497 e. The summed E-state index contributed by atoms with van der Waals surface area (Å²) >= 11 is 6.40. The highest BCUT2D eigenvalue weighted by Gasteiger charge is 2.21. The van der Waals surface area contributed by atoms with Gasteiger partial charge in [-0.05, 0) is 42.4 Å². The number of benzene rings is 2. The van der Waals surface area contributed by atoms with Gasteiger partial charge in [0.25, 0.3) is 0 Å². The van der Waals surface area contributed by atoms with Gasteiger partial charge in [-0.15, -0.1) is 12.4 Å². The molecule has 0 spiro atoms. The number of hydrogen-bond donors (Lipinski definition) is 1. The van der Waals surface area contributed by atoms with Crippen LogP contribution in [0.3, 0.4) is 0 Å². The third-order valence-corrected chi connectivity index (χ3v) is 4.88. The second-order valence-corrected chi connectivity index (χ2v) is 6.49. The molecule has 4 nitrogen and oxygen atoms in total. The van der Waals surface area contributed by atoms with Crippen LogP contribution < -0.4 is 10.1 Å². The molecule has 0 heterocycles. The van der Waals surface area contributed by atoms with Gasteiger partial charge in [0.05, 0.1) is 19.6 Å². The van der Waals surface area contributed by atoms with Crippen LogP contribution in [0.1, 0.15) is 31.0 Å². The van der Waals surface area contributed by atoms with E-state index in [2.05, 4.69) is 24.1 Å². The van der Waals surface area contributed by atoms with Gasteiger partial charge in [-0.1, -0.05) is 55.8 Å². The number of carbonyl (C=O) groups excluding carboxylic acids is 1. The zero-order valence-electron chi connectivity index (χ0n) is 16.1. The van der Waals surface area contributed by atoms with Crippen LogP contribution in [-0.2, 0) is 11.2 Å². The van der Waals surface area contributed by atoms with Gasteiger partial charge in [-0.2, -0.15) is 0 Å². The van der Waals surface area contributed by atoms with Gasteiger partial charge in [-0.25, -0.2) is 0 Å². The van der Waals surface area contributed by atoms with Crippen molar-refractivity contribution in [3.8, 4) is 5.75 Å². The minimum atomic E-state index is -0.000577. The van der Waals surface area contributed by atoms with E-state index in [0.717, 1.165) is 35.0 Å². The van der Waals surface area contributed by atoms with Crippen LogP contribution in [0.25, 0.3) is 0 Å². The first kappa shape index (κ1) is 23.3. The first-order chi connectivity index (χ1) is 12.6. The highest BCUT2D eigenvalue weighted by atomic mass is 35.5. The Morgan fingerprint density at radius 3 is 2.30 bits per heavy atom. The molecule has 0 aliphatic heterocycles. The van der Waals surface area contributed by atoms with Crippen LogP contribution in [0.2, 0.25) is 5.02 Å². The molecule has 1 amide bonds. The Balaban J connectivity index is 0.00000364. The molecule has 0 aliphatic carbocycles. The van der Waals surface area contributed by atoms with Crippen molar-refractivity contribution in [2.75, 3.05) is 26.7 Å². The zero-order valence-corrected chi connectivity index (χ0v) is 17.6. The number of amides is 1. The maximum atomic E-state index is 12.4. The van der Waals surface area contributed by atoms with Crippen LogP contribution in [0, 0.1) is 0 Å². The molecule has 0 saturated heterocycles. The van der Waals surface area contributed by atoms with Gasteiger partial charge in [-0.3, -0.25) is 9.69 Å². The lowest BCUT2D eigenvalue weighted by molar-refractivity contribution is -0.120. The van der Waals surface area contributed by atoms with Crippen LogP contribution in [0.4, 0.5) is 0 Å². The molecule has 6 heteroatoms. The summed E-state index contributed by atoms with van der Waals surface area (Å²) in [5.74, 6) is 0.786. The van der Waals surface area contributed by atoms with E-state index >= 15 is 0 Å². The minimum absolute atomic E-state index is 0. The second-order valence-electron chi connectivity index (χ2n) is 6.09. The third kappa shape index (κ3) is 6.73. The molecule has 0 aromatic heterocycles. The van der Waals surface area contributed by atoms with Crippen LogP contribution >= 0.6 is 24.0 Å². The number of likely N-dealkylation sites (N-methyl/N-ethyl adjacent to an activating group) is 1. The molecule has 1 unspecified atom stereocenters. The number of carbonyl (C=O) groups is 1. The predicted octanol–water partition coefficient (Wildman–Crippen LogP) is 4.51. The molecule has 0 fully saturated rings. The lowest BCUT2D eigenvalue weighted by Crippen LogP contribution is -2.38. The summed E-state index contributed by atoms with van der Waals surface area (Å²) in [7, 11) is 1.63. The highest BCUT2D eigenvalue weighted by molar-refractivity contribution is 6.31. The fourth-order valence-electron chi connectivity index (χ4n) is 3.05. The van der Waals surface area contributed by atoms with E-state index < -0.39 is 0 Å². The first-order valence-electron chi connectivity index (χ1n) is 8.97. The number of methoxy groups -OCH3 is 1. The maximum absolute atomic E-state index is 12.4. The summed E-state index contributed by atoms with van der Waals surface area (Å²) in [4.78, 5) is 14.7. The monoisotopic (exact) mass is 410 g/mol. The Morgan fingerprint density at radius 2 is 1.74 bits per heavy atom. The van der Waals surface area contributed by atoms with E-state index in [9.17, 15) is 4.79 Å². The predicted molar refractivity (Wildman–Crippen MR) is 114 cm³/mol. The van der Waals surface area contributed by atoms with Gasteiger partial charge in [0.2, 0.25) is 5.91 Å². The molecular weight excluding hydrogens is 383 g/mol. The van der Waals surface area contributed by atoms with Gasteiger partial charge < -0.3 is 10.1 Å². The Hall–Kier alpha value is -1.75. The van der Waals surface area contributed by atoms with E-state index in [1.54, 1.807) is 7.11 Å². The van der Waals surface area contributed by atoms with E-state index in [4.69, 9.17) is 16.3 Å². The van der Waals surface area contributed by atoms with Crippen molar-refractivity contribution < 1.29 is 9.53 Å². The van der Waals surface area contributed by atoms with Crippen molar-refractivity contribution >= 4 is 29.9 Å². The van der Waals surface area contributed by atoms with Crippen molar-refractivity contribution in [1.82, 2.24) is 10.2 Å². The number of hydrogen-bond acceptors (Lipinski definition) is 3. The number of halogens is 2. The van der Waals surface area contributed by atoms with Crippen LogP contribution in [-0.4, -0.2) is 37.6 Å². The fraction of sp³-hybridized carbons (Fsp3) is 0.381. The van der Waals surface area contributed by atoms with Crippen LogP contribution in [0.15, 0.2) is 48.5 Å². The van der Waals surface area contributed by atoms with E-state index in [1.165, 1.54) is 0 Å². The Morgan fingerprint density at radius 1 is 1.11 bits per heavy atom. The quantitative estimate of drug-likeness (QED) is 0.660. The average Bonchev–Trinajstić information content (AvgIpc) is 2.66. The second kappa shape index (κ2) is 11.9. The maximum Gasteiger partial charge on any atom is 0.224 e. The molecule has 27 heavy (non-hydrogen) atoms. The minimum Gasteiger partial charge on any atom is -0.497 e. The summed E-state index contributed by atoms with van der Waals surface area (Å²) in [6, 6.07) is 15.4. The molecule has 0 saturated carbocycles. The lowest BCUT2D eigenvalue weighted by Gasteiger charge is -2.31. The number of nitrogens with zero attached hydrogens (tertiary/aromatic N) is 1. The molecule has 1 atom stereocenters. The van der Waals surface area contributed by atoms with E-state index in [-0.39, 0.29) is 24.4 Å². The van der Waals surface area contributed by atoms with Gasteiger partial charge in [0.15, 0.2) is 0 Å². The molecule has 148 valence electrons. The molecule has 2 aromatic carbocycles. The lowest BCUT2D eigenvalue weighted by atomic mass is 10.0. The molecule has 0 aliphatic rings. The Labute approximate surface area is 173 Å². The molecule has 2 rings (SSSR count).